The standard InChI is InChI=1S/C10H16N2O4/c1-2-3-16-9(13)6-11-7-4-8(10(14)15)12-5-7/h2,7-8,11-12H,1,3-6H2,(H,14,15)/t7-,8+/m1/s1. The Hall–Kier alpha value is -1.40. The van der Waals surface area contributed by atoms with E-state index >= 15 is 0 Å². The van der Waals surface area contributed by atoms with Crippen LogP contribution in [0, 0.1) is 0 Å². The molecule has 90 valence electrons. The third-order valence-corrected chi connectivity index (χ3v) is 2.33. The summed E-state index contributed by atoms with van der Waals surface area (Å²) in [7, 11) is 0. The maximum Gasteiger partial charge on any atom is 0.320 e. The van der Waals surface area contributed by atoms with Crippen molar-refractivity contribution in [3.05, 3.63) is 12.7 Å². The van der Waals surface area contributed by atoms with Gasteiger partial charge in [-0.25, -0.2) is 0 Å². The molecule has 1 heterocycles. The van der Waals surface area contributed by atoms with Crippen molar-refractivity contribution in [2.75, 3.05) is 19.7 Å². The predicted molar refractivity (Wildman–Crippen MR) is 57.0 cm³/mol. The molecule has 1 aliphatic heterocycles. The van der Waals surface area contributed by atoms with E-state index in [0.717, 1.165) is 0 Å². The quantitative estimate of drug-likeness (QED) is 0.404. The second kappa shape index (κ2) is 6.24. The molecule has 6 nitrogen and oxygen atoms in total. The van der Waals surface area contributed by atoms with Crippen molar-refractivity contribution >= 4 is 11.9 Å². The van der Waals surface area contributed by atoms with Crippen LogP contribution >= 0.6 is 0 Å². The molecule has 3 N–H and O–H groups in total. The van der Waals surface area contributed by atoms with Gasteiger partial charge in [-0.3, -0.25) is 9.59 Å². The van der Waals surface area contributed by atoms with Crippen molar-refractivity contribution in [1.29, 1.82) is 0 Å². The minimum absolute atomic E-state index is 0.00242. The molecule has 0 bridgehead atoms. The molecule has 1 saturated heterocycles. The van der Waals surface area contributed by atoms with Crippen LogP contribution in [0.4, 0.5) is 0 Å². The lowest BCUT2D eigenvalue weighted by Crippen LogP contribution is -2.35. The number of carbonyl (C=O) groups is 2. The first-order valence-corrected chi connectivity index (χ1v) is 5.09. The zero-order chi connectivity index (χ0) is 12.0. The van der Waals surface area contributed by atoms with Crippen LogP contribution in [0.1, 0.15) is 6.42 Å². The summed E-state index contributed by atoms with van der Waals surface area (Å²) in [6, 6.07) is -0.529. The average molecular weight is 228 g/mol. The van der Waals surface area contributed by atoms with Gasteiger partial charge in [0.1, 0.15) is 12.6 Å². The molecule has 1 fully saturated rings. The summed E-state index contributed by atoms with van der Waals surface area (Å²) in [5.74, 6) is -1.22. The lowest BCUT2D eigenvalue weighted by molar-refractivity contribution is -0.141. The van der Waals surface area contributed by atoms with Crippen LogP contribution in [0.2, 0.25) is 0 Å². The van der Waals surface area contributed by atoms with Crippen LogP contribution in [0.25, 0.3) is 0 Å². The number of esters is 1. The Kier molecular flexibility index (Phi) is 4.94. The molecule has 0 amide bonds. The number of nitrogens with one attached hydrogen (secondary N) is 2. The molecular weight excluding hydrogens is 212 g/mol. The van der Waals surface area contributed by atoms with E-state index in [9.17, 15) is 9.59 Å². The average Bonchev–Trinajstić information content (AvgIpc) is 2.72. The third kappa shape index (κ3) is 4.00. The van der Waals surface area contributed by atoms with E-state index in [-0.39, 0.29) is 25.2 Å². The van der Waals surface area contributed by atoms with Crippen molar-refractivity contribution in [1.82, 2.24) is 10.6 Å². The first-order valence-electron chi connectivity index (χ1n) is 5.09. The fraction of sp³-hybridized carbons (Fsp3) is 0.600. The molecular formula is C10H16N2O4. The molecule has 16 heavy (non-hydrogen) atoms. The second-order valence-corrected chi connectivity index (χ2v) is 3.58. The van der Waals surface area contributed by atoms with Gasteiger partial charge < -0.3 is 20.5 Å². The zero-order valence-corrected chi connectivity index (χ0v) is 8.94. The second-order valence-electron chi connectivity index (χ2n) is 3.58. The maximum atomic E-state index is 11.1. The fourth-order valence-corrected chi connectivity index (χ4v) is 1.51. The van der Waals surface area contributed by atoms with E-state index in [0.29, 0.717) is 13.0 Å². The van der Waals surface area contributed by atoms with Crippen molar-refractivity contribution in [3.63, 3.8) is 0 Å². The van der Waals surface area contributed by atoms with Gasteiger partial charge in [-0.2, -0.15) is 0 Å². The molecule has 0 aliphatic carbocycles. The van der Waals surface area contributed by atoms with E-state index < -0.39 is 12.0 Å². The summed E-state index contributed by atoms with van der Waals surface area (Å²) >= 11 is 0. The number of carboxylic acid groups (broad SMARTS) is 1. The Morgan fingerprint density at radius 2 is 2.38 bits per heavy atom. The topological polar surface area (TPSA) is 87.7 Å². The molecule has 0 radical (unpaired) electrons. The summed E-state index contributed by atoms with van der Waals surface area (Å²) in [5.41, 5.74) is 0. The molecule has 0 unspecified atom stereocenters. The molecule has 0 saturated carbocycles. The highest BCUT2D eigenvalue weighted by Gasteiger charge is 2.28. The van der Waals surface area contributed by atoms with Crippen LogP contribution in [-0.2, 0) is 14.3 Å². The van der Waals surface area contributed by atoms with E-state index in [4.69, 9.17) is 9.84 Å². The molecule has 0 aromatic carbocycles. The van der Waals surface area contributed by atoms with Gasteiger partial charge >= 0.3 is 11.9 Å². The molecule has 1 rings (SSSR count). The monoisotopic (exact) mass is 228 g/mol. The van der Waals surface area contributed by atoms with Crippen LogP contribution in [-0.4, -0.2) is 48.8 Å². The van der Waals surface area contributed by atoms with Gasteiger partial charge in [0, 0.05) is 12.6 Å². The summed E-state index contributed by atoms with van der Waals surface area (Å²) in [6.45, 7) is 4.26. The number of ether oxygens (including phenoxy) is 1. The highest BCUT2D eigenvalue weighted by molar-refractivity contribution is 5.74. The Bertz CT molecular complexity index is 280. The zero-order valence-electron chi connectivity index (χ0n) is 8.94. The number of aliphatic carboxylic acids is 1. The van der Waals surface area contributed by atoms with E-state index in [1.165, 1.54) is 6.08 Å². The van der Waals surface area contributed by atoms with Crippen LogP contribution in [0.15, 0.2) is 12.7 Å². The van der Waals surface area contributed by atoms with Gasteiger partial charge in [0.05, 0.1) is 6.54 Å². The smallest absolute Gasteiger partial charge is 0.320 e. The van der Waals surface area contributed by atoms with E-state index in [1.54, 1.807) is 0 Å². The number of hydrogen-bond donors (Lipinski definition) is 3. The number of carboxylic acids is 1. The van der Waals surface area contributed by atoms with Gasteiger partial charge in [-0.15, -0.1) is 0 Å². The first-order chi connectivity index (χ1) is 7.63. The SMILES string of the molecule is C=CCOC(=O)CN[C@H]1CN[C@H](C(=O)O)C1. The summed E-state index contributed by atoms with van der Waals surface area (Å²) in [4.78, 5) is 21.7. The molecule has 1 aliphatic rings. The largest absolute Gasteiger partial charge is 0.480 e. The predicted octanol–water partition coefficient (Wildman–Crippen LogP) is -0.880. The minimum atomic E-state index is -0.862. The first kappa shape index (κ1) is 12.7. The molecule has 2 atom stereocenters. The number of hydrogen-bond acceptors (Lipinski definition) is 5. The van der Waals surface area contributed by atoms with Crippen LogP contribution in [0.3, 0.4) is 0 Å². The van der Waals surface area contributed by atoms with Crippen molar-refractivity contribution in [3.8, 4) is 0 Å². The van der Waals surface area contributed by atoms with Crippen molar-refractivity contribution < 1.29 is 19.4 Å². The number of rotatable bonds is 6. The van der Waals surface area contributed by atoms with Crippen LogP contribution in [0.5, 0.6) is 0 Å². The van der Waals surface area contributed by atoms with E-state index in [2.05, 4.69) is 17.2 Å². The van der Waals surface area contributed by atoms with Gasteiger partial charge in [-0.05, 0) is 6.42 Å². The van der Waals surface area contributed by atoms with Crippen molar-refractivity contribution in [2.24, 2.45) is 0 Å². The van der Waals surface area contributed by atoms with Gasteiger partial charge in [-0.1, -0.05) is 12.7 Å². The fourth-order valence-electron chi connectivity index (χ4n) is 1.51. The lowest BCUT2D eigenvalue weighted by Gasteiger charge is -2.10. The van der Waals surface area contributed by atoms with Gasteiger partial charge in [0.25, 0.3) is 0 Å². The van der Waals surface area contributed by atoms with Crippen molar-refractivity contribution in [2.45, 2.75) is 18.5 Å². The highest BCUT2D eigenvalue weighted by atomic mass is 16.5. The molecule has 6 heteroatoms. The lowest BCUT2D eigenvalue weighted by atomic mass is 10.2. The Morgan fingerprint density at radius 1 is 1.62 bits per heavy atom. The summed E-state index contributed by atoms with van der Waals surface area (Å²) in [5, 5.41) is 14.5. The van der Waals surface area contributed by atoms with Gasteiger partial charge in [0.15, 0.2) is 0 Å². The Labute approximate surface area is 93.7 Å². The van der Waals surface area contributed by atoms with Gasteiger partial charge in [0.2, 0.25) is 0 Å². The maximum absolute atomic E-state index is 11.1. The Balaban J connectivity index is 2.17. The highest BCUT2D eigenvalue weighted by Crippen LogP contribution is 2.06. The van der Waals surface area contributed by atoms with Crippen LogP contribution < -0.4 is 10.6 Å². The minimum Gasteiger partial charge on any atom is -0.480 e. The number of carbonyl (C=O) groups excluding carboxylic acids is 1. The summed E-state index contributed by atoms with van der Waals surface area (Å²) < 4.78 is 4.77. The summed E-state index contributed by atoms with van der Waals surface area (Å²) in [6.07, 6.45) is 1.97. The van der Waals surface area contributed by atoms with E-state index in [1.807, 2.05) is 0 Å². The molecule has 0 aromatic rings. The molecule has 0 aromatic heterocycles. The Morgan fingerprint density at radius 3 is 2.94 bits per heavy atom. The normalized spacial score (nSPS) is 24.0. The third-order valence-electron chi connectivity index (χ3n) is 2.33. The molecule has 0 spiro atoms.